The topological polar surface area (TPSA) is 21.3 Å². The number of hydrogen-bond acceptors (Lipinski definition) is 3. The molecule has 1 heterocycles. The molecule has 2 rings (SSSR count). The number of ether oxygens (including phenoxy) is 1. The van der Waals surface area contributed by atoms with Crippen LogP contribution in [0.2, 0.25) is 0 Å². The third-order valence-corrected chi connectivity index (χ3v) is 4.06. The highest BCUT2D eigenvalue weighted by molar-refractivity contribution is 7.19. The molecule has 0 amide bonds. The molecule has 2 nitrogen and oxygen atoms in total. The number of nitrogens with one attached hydrogen (secondary N) is 1. The van der Waals surface area contributed by atoms with E-state index in [9.17, 15) is 0 Å². The van der Waals surface area contributed by atoms with Crippen LogP contribution in [0.3, 0.4) is 0 Å². The van der Waals surface area contributed by atoms with Gasteiger partial charge in [-0.3, -0.25) is 0 Å². The zero-order valence-electron chi connectivity index (χ0n) is 11.3. The minimum Gasteiger partial charge on any atom is -0.377 e. The molecule has 1 aromatic carbocycles. The Labute approximate surface area is 113 Å². The molecular formula is C15H21NOS. The predicted molar refractivity (Wildman–Crippen MR) is 79.3 cm³/mol. The maximum atomic E-state index is 5.75. The van der Waals surface area contributed by atoms with Crippen molar-refractivity contribution in [1.82, 2.24) is 5.32 Å². The van der Waals surface area contributed by atoms with Gasteiger partial charge in [-0.05, 0) is 37.9 Å². The van der Waals surface area contributed by atoms with E-state index in [1.807, 2.05) is 11.3 Å². The molecule has 18 heavy (non-hydrogen) atoms. The molecule has 1 N–H and O–H groups in total. The normalized spacial score (nSPS) is 13.3. The summed E-state index contributed by atoms with van der Waals surface area (Å²) in [4.78, 5) is 1.36. The Balaban J connectivity index is 2.18. The van der Waals surface area contributed by atoms with Gasteiger partial charge in [0.05, 0.1) is 18.8 Å². The van der Waals surface area contributed by atoms with Crippen LogP contribution in [-0.2, 0) is 4.74 Å². The number of benzene rings is 1. The Morgan fingerprint density at radius 1 is 1.28 bits per heavy atom. The molecule has 0 spiro atoms. The van der Waals surface area contributed by atoms with Crippen molar-refractivity contribution < 1.29 is 4.74 Å². The highest BCUT2D eigenvalue weighted by atomic mass is 32.1. The largest absolute Gasteiger partial charge is 0.377 e. The fourth-order valence-corrected chi connectivity index (χ4v) is 3.08. The molecule has 3 heteroatoms. The van der Waals surface area contributed by atoms with Gasteiger partial charge in [0, 0.05) is 9.58 Å². The van der Waals surface area contributed by atoms with Crippen LogP contribution in [0.15, 0.2) is 30.3 Å². The summed E-state index contributed by atoms with van der Waals surface area (Å²) in [5, 5.41) is 4.82. The number of hydrogen-bond donors (Lipinski definition) is 1. The second kappa shape index (κ2) is 6.32. The maximum absolute atomic E-state index is 5.75. The Bertz CT molecular complexity index is 459. The average molecular weight is 263 g/mol. The highest BCUT2D eigenvalue weighted by Crippen LogP contribution is 2.30. The van der Waals surface area contributed by atoms with Crippen molar-refractivity contribution in [2.75, 3.05) is 13.2 Å². The molecule has 1 unspecified atom stereocenters. The van der Waals surface area contributed by atoms with Crippen molar-refractivity contribution in [3.8, 4) is 0 Å². The number of rotatable bonds is 6. The molecule has 0 aliphatic heterocycles. The highest BCUT2D eigenvalue weighted by Gasteiger charge is 2.14. The fourth-order valence-electron chi connectivity index (χ4n) is 1.95. The van der Waals surface area contributed by atoms with Crippen LogP contribution in [-0.4, -0.2) is 19.3 Å². The van der Waals surface area contributed by atoms with Gasteiger partial charge < -0.3 is 10.1 Å². The Hall–Kier alpha value is -0.900. The Morgan fingerprint density at radius 2 is 2.06 bits per heavy atom. The van der Waals surface area contributed by atoms with Gasteiger partial charge >= 0.3 is 0 Å². The molecule has 0 radical (unpaired) electrons. The standard InChI is InChI=1S/C15H21NOS/c1-4-16-13(10-17-11(2)3)15-9-12-7-5-6-8-14(12)18-15/h5-9,11,13,16H,4,10H2,1-3H3. The second-order valence-corrected chi connectivity index (χ2v) is 5.79. The average Bonchev–Trinajstić information content (AvgIpc) is 2.77. The van der Waals surface area contributed by atoms with Crippen molar-refractivity contribution in [2.24, 2.45) is 0 Å². The van der Waals surface area contributed by atoms with Gasteiger partial charge in [-0.25, -0.2) is 0 Å². The first-order valence-electron chi connectivity index (χ1n) is 6.54. The summed E-state index contributed by atoms with van der Waals surface area (Å²) in [6.45, 7) is 7.98. The first kappa shape index (κ1) is 13.5. The van der Waals surface area contributed by atoms with Crippen molar-refractivity contribution in [2.45, 2.75) is 32.9 Å². The Morgan fingerprint density at radius 3 is 2.72 bits per heavy atom. The third-order valence-electron chi connectivity index (χ3n) is 2.83. The van der Waals surface area contributed by atoms with Gasteiger partial charge in [-0.1, -0.05) is 25.1 Å². The lowest BCUT2D eigenvalue weighted by Crippen LogP contribution is -2.25. The van der Waals surface area contributed by atoms with Gasteiger partial charge in [0.1, 0.15) is 0 Å². The van der Waals surface area contributed by atoms with Crippen LogP contribution >= 0.6 is 11.3 Å². The van der Waals surface area contributed by atoms with E-state index in [4.69, 9.17) is 4.74 Å². The molecule has 0 aliphatic rings. The summed E-state index contributed by atoms with van der Waals surface area (Å²) in [5.74, 6) is 0. The summed E-state index contributed by atoms with van der Waals surface area (Å²) >= 11 is 1.85. The first-order valence-corrected chi connectivity index (χ1v) is 7.35. The summed E-state index contributed by atoms with van der Waals surface area (Å²) < 4.78 is 7.10. The SMILES string of the molecule is CCNC(COC(C)C)c1cc2ccccc2s1. The smallest absolute Gasteiger partial charge is 0.0672 e. The summed E-state index contributed by atoms with van der Waals surface area (Å²) in [7, 11) is 0. The summed E-state index contributed by atoms with van der Waals surface area (Å²) in [6, 6.07) is 11.1. The zero-order valence-corrected chi connectivity index (χ0v) is 12.1. The number of thiophene rings is 1. The number of fused-ring (bicyclic) bond motifs is 1. The molecule has 2 aromatic rings. The van der Waals surface area contributed by atoms with Crippen molar-refractivity contribution >= 4 is 21.4 Å². The van der Waals surface area contributed by atoms with E-state index in [1.165, 1.54) is 15.0 Å². The van der Waals surface area contributed by atoms with E-state index in [0.717, 1.165) is 13.2 Å². The van der Waals surface area contributed by atoms with Crippen molar-refractivity contribution in [1.29, 1.82) is 0 Å². The molecule has 0 aliphatic carbocycles. The molecule has 0 saturated carbocycles. The molecule has 1 aromatic heterocycles. The van der Waals surface area contributed by atoms with Crippen LogP contribution in [0.5, 0.6) is 0 Å². The van der Waals surface area contributed by atoms with Gasteiger partial charge in [-0.2, -0.15) is 0 Å². The molecule has 0 fully saturated rings. The second-order valence-electron chi connectivity index (χ2n) is 4.68. The molecular weight excluding hydrogens is 242 g/mol. The van der Waals surface area contributed by atoms with E-state index in [2.05, 4.69) is 56.4 Å². The van der Waals surface area contributed by atoms with Gasteiger partial charge in [-0.15, -0.1) is 11.3 Å². The lowest BCUT2D eigenvalue weighted by Gasteiger charge is -2.18. The van der Waals surface area contributed by atoms with Crippen LogP contribution in [0.1, 0.15) is 31.7 Å². The van der Waals surface area contributed by atoms with Crippen LogP contribution in [0.25, 0.3) is 10.1 Å². The molecule has 0 saturated heterocycles. The van der Waals surface area contributed by atoms with E-state index in [-0.39, 0.29) is 6.10 Å². The van der Waals surface area contributed by atoms with Crippen LogP contribution < -0.4 is 5.32 Å². The van der Waals surface area contributed by atoms with Crippen LogP contribution in [0, 0.1) is 0 Å². The van der Waals surface area contributed by atoms with Crippen molar-refractivity contribution in [3.63, 3.8) is 0 Å². The number of likely N-dealkylation sites (N-methyl/N-ethyl adjacent to an activating group) is 1. The van der Waals surface area contributed by atoms with Crippen LogP contribution in [0.4, 0.5) is 0 Å². The molecule has 98 valence electrons. The van der Waals surface area contributed by atoms with E-state index in [1.54, 1.807) is 0 Å². The van der Waals surface area contributed by atoms with Gasteiger partial charge in [0.2, 0.25) is 0 Å². The van der Waals surface area contributed by atoms with E-state index in [0.29, 0.717) is 6.04 Å². The monoisotopic (exact) mass is 263 g/mol. The van der Waals surface area contributed by atoms with Gasteiger partial charge in [0.15, 0.2) is 0 Å². The third kappa shape index (κ3) is 3.31. The summed E-state index contributed by atoms with van der Waals surface area (Å²) in [5.41, 5.74) is 0. The van der Waals surface area contributed by atoms with Gasteiger partial charge in [0.25, 0.3) is 0 Å². The Kier molecular flexibility index (Phi) is 4.75. The minimum absolute atomic E-state index is 0.278. The minimum atomic E-state index is 0.278. The molecule has 1 atom stereocenters. The van der Waals surface area contributed by atoms with E-state index >= 15 is 0 Å². The predicted octanol–water partition coefficient (Wildman–Crippen LogP) is 3.98. The van der Waals surface area contributed by atoms with E-state index < -0.39 is 0 Å². The maximum Gasteiger partial charge on any atom is 0.0672 e. The lowest BCUT2D eigenvalue weighted by atomic mass is 10.2. The summed E-state index contributed by atoms with van der Waals surface area (Å²) in [6.07, 6.45) is 0.278. The molecule has 0 bridgehead atoms. The van der Waals surface area contributed by atoms with Crippen molar-refractivity contribution in [3.05, 3.63) is 35.2 Å². The first-order chi connectivity index (χ1) is 8.70. The quantitative estimate of drug-likeness (QED) is 0.851. The zero-order chi connectivity index (χ0) is 13.0. The fraction of sp³-hybridized carbons (Fsp3) is 0.467. The lowest BCUT2D eigenvalue weighted by molar-refractivity contribution is 0.0621.